The van der Waals surface area contributed by atoms with Crippen LogP contribution >= 0.6 is 34.8 Å². The number of nitrogens with one attached hydrogen (secondary N) is 1. The molecule has 3 N–H and O–H groups in total. The van der Waals surface area contributed by atoms with Crippen LogP contribution in [0.4, 0.5) is 0 Å². The molecule has 1 aliphatic carbocycles. The topological polar surface area (TPSA) is 89.3 Å². The van der Waals surface area contributed by atoms with Crippen LogP contribution in [0.3, 0.4) is 0 Å². The molecule has 16 heavy (non-hydrogen) atoms. The molecule has 0 bridgehead atoms. The molecular formula is C8H5Cl3N2O3. The fourth-order valence-corrected chi connectivity index (χ4v) is 1.56. The van der Waals surface area contributed by atoms with E-state index in [1.165, 1.54) is 0 Å². The van der Waals surface area contributed by atoms with E-state index in [1.807, 2.05) is 0 Å². The molecule has 8 heteroatoms. The molecule has 0 atom stereocenters. The van der Waals surface area contributed by atoms with Gasteiger partial charge in [0.15, 0.2) is 0 Å². The van der Waals surface area contributed by atoms with Gasteiger partial charge in [-0.25, -0.2) is 0 Å². The number of ketones is 2. The summed E-state index contributed by atoms with van der Waals surface area (Å²) in [5, 5.41) is 0.648. The Kier molecular flexibility index (Phi) is 4.09. The second-order valence-corrected chi connectivity index (χ2v) is 3.86. The molecule has 0 unspecified atom stereocenters. The van der Waals surface area contributed by atoms with Crippen molar-refractivity contribution in [2.24, 2.45) is 5.73 Å². The van der Waals surface area contributed by atoms with Gasteiger partial charge in [-0.2, -0.15) is 0 Å². The third-order valence-electron chi connectivity index (χ3n) is 1.69. The molecule has 0 aromatic heterocycles. The second kappa shape index (κ2) is 4.97. The number of hydrogen-bond donors (Lipinski definition) is 2. The minimum Gasteiger partial charge on any atom is -0.322 e. The summed E-state index contributed by atoms with van der Waals surface area (Å²) in [5.74, 6) is -2.31. The first kappa shape index (κ1) is 13.2. The Morgan fingerprint density at radius 2 is 1.56 bits per heavy atom. The zero-order chi connectivity index (χ0) is 12.5. The molecule has 0 spiro atoms. The van der Waals surface area contributed by atoms with E-state index in [0.29, 0.717) is 0 Å². The molecule has 1 rings (SSSR count). The highest BCUT2D eigenvalue weighted by molar-refractivity contribution is 6.64. The SMILES string of the molecule is NCC(=O)NC1=C(Cl)C(=O)C(Cl)=C(Cl)C1=O. The van der Waals surface area contributed by atoms with Gasteiger partial charge in [-0.1, -0.05) is 34.8 Å². The summed E-state index contributed by atoms with van der Waals surface area (Å²) in [6, 6.07) is 0. The molecular weight excluding hydrogens is 278 g/mol. The Balaban J connectivity index is 3.14. The third-order valence-corrected chi connectivity index (χ3v) is 2.87. The first-order chi connectivity index (χ1) is 7.40. The molecule has 0 aliphatic heterocycles. The number of carbonyl (C=O) groups excluding carboxylic acids is 3. The van der Waals surface area contributed by atoms with Crippen LogP contribution < -0.4 is 11.1 Å². The van der Waals surface area contributed by atoms with Gasteiger partial charge in [-0.05, 0) is 0 Å². The standard InChI is InChI=1S/C8H5Cl3N2O3/c9-3-4(10)8(16)6(5(11)7(3)15)13-2(14)1-12/h1,12H2,(H,13,14). The molecule has 0 heterocycles. The lowest BCUT2D eigenvalue weighted by Gasteiger charge is -2.14. The Morgan fingerprint density at radius 1 is 1.06 bits per heavy atom. The van der Waals surface area contributed by atoms with Crippen molar-refractivity contribution in [3.8, 4) is 0 Å². The number of halogens is 3. The average Bonchev–Trinajstić information content (AvgIpc) is 2.29. The highest BCUT2D eigenvalue weighted by Crippen LogP contribution is 2.29. The Bertz CT molecular complexity index is 453. The molecule has 0 saturated heterocycles. The van der Waals surface area contributed by atoms with E-state index in [1.54, 1.807) is 0 Å². The van der Waals surface area contributed by atoms with Crippen molar-refractivity contribution >= 4 is 52.3 Å². The number of nitrogens with two attached hydrogens (primary N) is 1. The monoisotopic (exact) mass is 282 g/mol. The smallest absolute Gasteiger partial charge is 0.238 e. The quantitative estimate of drug-likeness (QED) is 0.716. The maximum absolute atomic E-state index is 11.5. The summed E-state index contributed by atoms with van der Waals surface area (Å²) in [4.78, 5) is 33.9. The lowest BCUT2D eigenvalue weighted by Crippen LogP contribution is -2.35. The van der Waals surface area contributed by atoms with Crippen LogP contribution in [0.15, 0.2) is 20.8 Å². The number of rotatable bonds is 2. The zero-order valence-corrected chi connectivity index (χ0v) is 9.91. The van der Waals surface area contributed by atoms with Gasteiger partial charge in [0.2, 0.25) is 17.5 Å². The fraction of sp³-hybridized carbons (Fsp3) is 0.125. The van der Waals surface area contributed by atoms with Crippen LogP contribution in [-0.2, 0) is 14.4 Å². The Hall–Kier alpha value is -0.880. The minimum absolute atomic E-state index is 0.357. The van der Waals surface area contributed by atoms with E-state index in [-0.39, 0.29) is 6.54 Å². The van der Waals surface area contributed by atoms with Gasteiger partial charge in [0.05, 0.1) is 6.54 Å². The van der Waals surface area contributed by atoms with Crippen molar-refractivity contribution in [2.75, 3.05) is 6.54 Å². The van der Waals surface area contributed by atoms with Gasteiger partial charge in [0, 0.05) is 0 Å². The summed E-state index contributed by atoms with van der Waals surface area (Å²) >= 11 is 16.5. The molecule has 1 amide bonds. The molecule has 86 valence electrons. The number of hydrogen-bond acceptors (Lipinski definition) is 4. The van der Waals surface area contributed by atoms with Crippen molar-refractivity contribution in [3.05, 3.63) is 20.8 Å². The van der Waals surface area contributed by atoms with Gasteiger partial charge < -0.3 is 11.1 Å². The fourth-order valence-electron chi connectivity index (χ4n) is 0.921. The normalized spacial score (nSPS) is 17.0. The molecule has 0 aromatic rings. The van der Waals surface area contributed by atoms with Crippen LogP contribution in [-0.4, -0.2) is 24.0 Å². The lowest BCUT2D eigenvalue weighted by atomic mass is 10.1. The maximum atomic E-state index is 11.5. The van der Waals surface area contributed by atoms with Crippen LogP contribution in [0.1, 0.15) is 0 Å². The van der Waals surface area contributed by atoms with Crippen LogP contribution in [0.25, 0.3) is 0 Å². The third kappa shape index (κ3) is 2.27. The highest BCUT2D eigenvalue weighted by atomic mass is 35.5. The Labute approximate surface area is 105 Å². The van der Waals surface area contributed by atoms with Gasteiger partial charge in [0.25, 0.3) is 0 Å². The van der Waals surface area contributed by atoms with E-state index in [9.17, 15) is 14.4 Å². The maximum Gasteiger partial charge on any atom is 0.238 e. The van der Waals surface area contributed by atoms with Crippen molar-refractivity contribution in [1.29, 1.82) is 0 Å². The van der Waals surface area contributed by atoms with Crippen LogP contribution in [0, 0.1) is 0 Å². The molecule has 0 fully saturated rings. The first-order valence-electron chi connectivity index (χ1n) is 3.94. The van der Waals surface area contributed by atoms with Gasteiger partial charge in [-0.3, -0.25) is 14.4 Å². The number of carbonyl (C=O) groups is 3. The van der Waals surface area contributed by atoms with E-state index in [0.717, 1.165) is 0 Å². The number of allylic oxidation sites excluding steroid dienone is 3. The van der Waals surface area contributed by atoms with Gasteiger partial charge in [0.1, 0.15) is 20.8 Å². The summed E-state index contributed by atoms with van der Waals surface area (Å²) in [6.07, 6.45) is 0. The van der Waals surface area contributed by atoms with E-state index >= 15 is 0 Å². The summed E-state index contributed by atoms with van der Waals surface area (Å²) in [6.45, 7) is -0.357. The lowest BCUT2D eigenvalue weighted by molar-refractivity contribution is -0.121. The van der Waals surface area contributed by atoms with Crippen molar-refractivity contribution in [1.82, 2.24) is 5.32 Å². The predicted molar refractivity (Wildman–Crippen MR) is 58.8 cm³/mol. The zero-order valence-electron chi connectivity index (χ0n) is 7.64. The molecule has 5 nitrogen and oxygen atoms in total. The largest absolute Gasteiger partial charge is 0.322 e. The molecule has 0 saturated carbocycles. The summed E-state index contributed by atoms with van der Waals surface area (Å²) < 4.78 is 0. The number of amides is 1. The first-order valence-corrected chi connectivity index (χ1v) is 5.08. The number of Topliss-reactive ketones (excluding diaryl/α,β-unsaturated/α-hetero) is 2. The molecule has 0 aromatic carbocycles. The minimum atomic E-state index is -0.821. The van der Waals surface area contributed by atoms with Gasteiger partial charge >= 0.3 is 0 Å². The highest BCUT2D eigenvalue weighted by Gasteiger charge is 2.33. The Morgan fingerprint density at radius 3 is 2.06 bits per heavy atom. The summed E-state index contributed by atoms with van der Waals surface area (Å²) in [7, 11) is 0. The van der Waals surface area contributed by atoms with Crippen molar-refractivity contribution < 1.29 is 14.4 Å². The average molecular weight is 283 g/mol. The van der Waals surface area contributed by atoms with Gasteiger partial charge in [-0.15, -0.1) is 0 Å². The second-order valence-electron chi connectivity index (χ2n) is 2.73. The van der Waals surface area contributed by atoms with E-state index in [2.05, 4.69) is 5.32 Å². The molecule has 1 aliphatic rings. The predicted octanol–water partition coefficient (Wildman–Crippen LogP) is 0.353. The molecule has 0 radical (unpaired) electrons. The van der Waals surface area contributed by atoms with Crippen LogP contribution in [0.5, 0.6) is 0 Å². The van der Waals surface area contributed by atoms with Crippen LogP contribution in [0.2, 0.25) is 0 Å². The van der Waals surface area contributed by atoms with Crippen molar-refractivity contribution in [2.45, 2.75) is 0 Å². The van der Waals surface area contributed by atoms with Crippen molar-refractivity contribution in [3.63, 3.8) is 0 Å². The van der Waals surface area contributed by atoms with E-state index < -0.39 is 38.3 Å². The summed E-state index contributed by atoms with van der Waals surface area (Å²) in [5.41, 5.74) is 4.63. The van der Waals surface area contributed by atoms with E-state index in [4.69, 9.17) is 40.5 Å².